The highest BCUT2D eigenvalue weighted by Crippen LogP contribution is 2.24. The SMILES string of the molecule is COc1ccc(C(=O)c2ccc(Oc3ccc(C(=O)c4cccc(C(=O)c5ccc(C)cc5)c4)cc3)cc2)cc1. The van der Waals surface area contributed by atoms with Crippen LogP contribution < -0.4 is 9.47 Å². The van der Waals surface area contributed by atoms with Crippen LogP contribution in [0.5, 0.6) is 17.2 Å². The Hall–Kier alpha value is -5.29. The second-order valence-corrected chi connectivity index (χ2v) is 9.31. The van der Waals surface area contributed by atoms with Gasteiger partial charge in [0.1, 0.15) is 17.2 Å². The smallest absolute Gasteiger partial charge is 0.193 e. The Balaban J connectivity index is 1.25. The van der Waals surface area contributed by atoms with Crippen molar-refractivity contribution in [1.29, 1.82) is 0 Å². The Labute approximate surface area is 232 Å². The zero-order chi connectivity index (χ0) is 28.1. The first-order valence-corrected chi connectivity index (χ1v) is 12.7. The van der Waals surface area contributed by atoms with Crippen molar-refractivity contribution >= 4 is 17.3 Å². The number of carbonyl (C=O) groups excluding carboxylic acids is 3. The minimum atomic E-state index is -0.188. The summed E-state index contributed by atoms with van der Waals surface area (Å²) in [5.74, 6) is 1.39. The molecule has 0 bridgehead atoms. The molecular weight excluding hydrogens is 500 g/mol. The first kappa shape index (κ1) is 26.3. The van der Waals surface area contributed by atoms with Crippen molar-refractivity contribution in [2.75, 3.05) is 7.11 Å². The van der Waals surface area contributed by atoms with E-state index in [1.54, 1.807) is 116 Å². The molecular formula is C35H26O5. The van der Waals surface area contributed by atoms with Gasteiger partial charge in [0.15, 0.2) is 17.3 Å². The van der Waals surface area contributed by atoms with Gasteiger partial charge >= 0.3 is 0 Å². The van der Waals surface area contributed by atoms with Crippen molar-refractivity contribution in [3.05, 3.63) is 160 Å². The fraction of sp³-hybridized carbons (Fsp3) is 0.0571. The van der Waals surface area contributed by atoms with Crippen LogP contribution in [0.3, 0.4) is 0 Å². The summed E-state index contributed by atoms with van der Waals surface area (Å²) < 4.78 is 11.1. The Morgan fingerprint density at radius 3 is 1.20 bits per heavy atom. The third-order valence-corrected chi connectivity index (χ3v) is 6.52. The van der Waals surface area contributed by atoms with Gasteiger partial charge in [0.25, 0.3) is 0 Å². The summed E-state index contributed by atoms with van der Waals surface area (Å²) in [6, 6.07) is 34.8. The monoisotopic (exact) mass is 526 g/mol. The number of rotatable bonds is 9. The first-order valence-electron chi connectivity index (χ1n) is 12.7. The van der Waals surface area contributed by atoms with Gasteiger partial charge < -0.3 is 9.47 Å². The van der Waals surface area contributed by atoms with E-state index in [0.717, 1.165) is 5.56 Å². The second kappa shape index (κ2) is 11.6. The summed E-state index contributed by atoms with van der Waals surface area (Å²) in [5, 5.41) is 0. The van der Waals surface area contributed by atoms with E-state index in [0.29, 0.717) is 50.6 Å². The maximum Gasteiger partial charge on any atom is 0.193 e. The number of aryl methyl sites for hydroxylation is 1. The quantitative estimate of drug-likeness (QED) is 0.186. The van der Waals surface area contributed by atoms with Crippen molar-refractivity contribution in [2.45, 2.75) is 6.92 Å². The fourth-order valence-electron chi connectivity index (χ4n) is 4.23. The van der Waals surface area contributed by atoms with E-state index >= 15 is 0 Å². The number of ether oxygens (including phenoxy) is 2. The van der Waals surface area contributed by atoms with E-state index in [9.17, 15) is 14.4 Å². The number of ketones is 3. The summed E-state index contributed by atoms with van der Waals surface area (Å²) in [6.45, 7) is 1.97. The van der Waals surface area contributed by atoms with Crippen LogP contribution in [0, 0.1) is 6.92 Å². The summed E-state index contributed by atoms with van der Waals surface area (Å²) in [4.78, 5) is 38.8. The summed E-state index contributed by atoms with van der Waals surface area (Å²) in [7, 11) is 1.58. The van der Waals surface area contributed by atoms with Crippen molar-refractivity contribution in [1.82, 2.24) is 0 Å². The molecule has 0 aliphatic rings. The summed E-state index contributed by atoms with van der Waals surface area (Å²) in [6.07, 6.45) is 0. The van der Waals surface area contributed by atoms with Gasteiger partial charge in [-0.05, 0) is 85.8 Å². The largest absolute Gasteiger partial charge is 0.497 e. The van der Waals surface area contributed by atoms with Crippen LogP contribution in [0.15, 0.2) is 121 Å². The molecule has 0 aliphatic carbocycles. The molecule has 0 fully saturated rings. The maximum absolute atomic E-state index is 13.1. The van der Waals surface area contributed by atoms with Crippen LogP contribution in [-0.2, 0) is 0 Å². The molecule has 0 N–H and O–H groups in total. The first-order chi connectivity index (χ1) is 19.4. The lowest BCUT2D eigenvalue weighted by Gasteiger charge is -2.09. The van der Waals surface area contributed by atoms with E-state index in [4.69, 9.17) is 9.47 Å². The normalized spacial score (nSPS) is 10.6. The average Bonchev–Trinajstić information content (AvgIpc) is 3.01. The molecule has 5 rings (SSSR count). The van der Waals surface area contributed by atoms with E-state index < -0.39 is 0 Å². The van der Waals surface area contributed by atoms with Gasteiger partial charge in [-0.3, -0.25) is 14.4 Å². The lowest BCUT2D eigenvalue weighted by molar-refractivity contribution is 0.102. The van der Waals surface area contributed by atoms with Crippen molar-refractivity contribution < 1.29 is 23.9 Å². The number of hydrogen-bond donors (Lipinski definition) is 0. The van der Waals surface area contributed by atoms with Crippen LogP contribution in [0.25, 0.3) is 0 Å². The average molecular weight is 527 g/mol. The van der Waals surface area contributed by atoms with Gasteiger partial charge in [-0.1, -0.05) is 48.0 Å². The van der Waals surface area contributed by atoms with Crippen LogP contribution >= 0.6 is 0 Å². The van der Waals surface area contributed by atoms with Crippen LogP contribution in [0.1, 0.15) is 53.3 Å². The van der Waals surface area contributed by atoms with Crippen LogP contribution in [0.4, 0.5) is 0 Å². The molecule has 0 saturated heterocycles. The zero-order valence-corrected chi connectivity index (χ0v) is 22.1. The Kier molecular flexibility index (Phi) is 7.65. The predicted molar refractivity (Wildman–Crippen MR) is 154 cm³/mol. The molecule has 5 aromatic rings. The molecule has 196 valence electrons. The molecule has 0 saturated carbocycles. The van der Waals surface area contributed by atoms with Gasteiger partial charge in [-0.15, -0.1) is 0 Å². The molecule has 40 heavy (non-hydrogen) atoms. The zero-order valence-electron chi connectivity index (χ0n) is 22.1. The van der Waals surface area contributed by atoms with E-state index in [-0.39, 0.29) is 17.3 Å². The standard InChI is InChI=1S/C35H26O5/c1-23-6-8-24(9-7-23)34(37)28-4-3-5-29(22-28)35(38)27-14-20-32(21-15-27)40-31-18-12-26(13-19-31)33(36)25-10-16-30(39-2)17-11-25/h3-22H,1-2H3. The Morgan fingerprint density at radius 1 is 0.450 bits per heavy atom. The van der Waals surface area contributed by atoms with Gasteiger partial charge in [0.05, 0.1) is 7.11 Å². The molecule has 0 radical (unpaired) electrons. The van der Waals surface area contributed by atoms with E-state index in [2.05, 4.69) is 0 Å². The van der Waals surface area contributed by atoms with Gasteiger partial charge in [0, 0.05) is 33.4 Å². The van der Waals surface area contributed by atoms with Crippen molar-refractivity contribution in [2.24, 2.45) is 0 Å². The second-order valence-electron chi connectivity index (χ2n) is 9.31. The molecule has 0 aromatic heterocycles. The van der Waals surface area contributed by atoms with E-state index in [1.807, 2.05) is 19.1 Å². The van der Waals surface area contributed by atoms with Crippen LogP contribution in [-0.4, -0.2) is 24.5 Å². The Morgan fingerprint density at radius 2 is 0.800 bits per heavy atom. The molecule has 0 spiro atoms. The maximum atomic E-state index is 13.1. The van der Waals surface area contributed by atoms with E-state index in [1.165, 1.54) is 0 Å². The van der Waals surface area contributed by atoms with Crippen molar-refractivity contribution in [3.63, 3.8) is 0 Å². The van der Waals surface area contributed by atoms with Crippen molar-refractivity contribution in [3.8, 4) is 17.2 Å². The Bertz CT molecular complexity index is 1660. The van der Waals surface area contributed by atoms with Crippen LogP contribution in [0.2, 0.25) is 0 Å². The predicted octanol–water partition coefficient (Wildman–Crippen LogP) is 7.49. The van der Waals surface area contributed by atoms with Gasteiger partial charge in [-0.2, -0.15) is 0 Å². The van der Waals surface area contributed by atoms with Gasteiger partial charge in [0.2, 0.25) is 0 Å². The molecule has 0 aliphatic heterocycles. The lowest BCUT2D eigenvalue weighted by atomic mass is 9.97. The minimum Gasteiger partial charge on any atom is -0.497 e. The lowest BCUT2D eigenvalue weighted by Crippen LogP contribution is -2.06. The highest BCUT2D eigenvalue weighted by Gasteiger charge is 2.14. The molecule has 0 amide bonds. The number of methoxy groups -OCH3 is 1. The minimum absolute atomic E-state index is 0.0956. The molecule has 5 heteroatoms. The molecule has 0 atom stereocenters. The molecule has 0 heterocycles. The van der Waals surface area contributed by atoms with Gasteiger partial charge in [-0.25, -0.2) is 0 Å². The third-order valence-electron chi connectivity index (χ3n) is 6.52. The third kappa shape index (κ3) is 5.89. The summed E-state index contributed by atoms with van der Waals surface area (Å²) in [5.41, 5.74) is 4.14. The number of benzene rings is 5. The number of carbonyl (C=O) groups is 3. The highest BCUT2D eigenvalue weighted by atomic mass is 16.5. The fourth-order valence-corrected chi connectivity index (χ4v) is 4.23. The molecule has 5 nitrogen and oxygen atoms in total. The highest BCUT2D eigenvalue weighted by molar-refractivity contribution is 6.13. The summed E-state index contributed by atoms with van der Waals surface area (Å²) >= 11 is 0. The molecule has 5 aromatic carbocycles. The molecule has 0 unspecified atom stereocenters. The number of hydrogen-bond acceptors (Lipinski definition) is 5. The topological polar surface area (TPSA) is 69.7 Å².